The van der Waals surface area contributed by atoms with E-state index in [-0.39, 0.29) is 57.0 Å². The molecule has 2 saturated heterocycles. The Morgan fingerprint density at radius 2 is 1.59 bits per heavy atom. The molecule has 5 heterocycles. The highest BCUT2D eigenvalue weighted by atomic mass is 32.1. The topological polar surface area (TPSA) is 190 Å². The number of alkyl halides is 4. The van der Waals surface area contributed by atoms with E-state index in [9.17, 15) is 42.2 Å². The molecule has 21 heteroatoms. The van der Waals surface area contributed by atoms with E-state index in [1.54, 1.807) is 38.3 Å². The number of piperazine rings is 1. The summed E-state index contributed by atoms with van der Waals surface area (Å²) in [5.74, 6) is -0.983. The van der Waals surface area contributed by atoms with Crippen LogP contribution in [0.4, 0.5) is 23.5 Å². The number of ether oxygens (including phenoxy) is 1. The molecule has 2 aromatic carbocycles. The van der Waals surface area contributed by atoms with Gasteiger partial charge in [0.05, 0.1) is 41.3 Å². The van der Waals surface area contributed by atoms with E-state index in [0.29, 0.717) is 30.8 Å². The summed E-state index contributed by atoms with van der Waals surface area (Å²) in [5.41, 5.74) is 5.58. The molecular formula is C59H78F4N10O6S. The van der Waals surface area contributed by atoms with Gasteiger partial charge in [-0.1, -0.05) is 76.4 Å². The number of aliphatic hydroxyl groups excluding tert-OH is 2. The minimum Gasteiger partial charge on any atom is -0.493 e. The third-order valence-corrected chi connectivity index (χ3v) is 17.2. The van der Waals surface area contributed by atoms with E-state index >= 15 is 0 Å². The second-order valence-electron chi connectivity index (χ2n) is 23.5. The molecule has 0 unspecified atom stereocenters. The Balaban J connectivity index is 0.712. The highest BCUT2D eigenvalue weighted by Crippen LogP contribution is 2.41. The van der Waals surface area contributed by atoms with Crippen molar-refractivity contribution in [3.05, 3.63) is 77.2 Å². The van der Waals surface area contributed by atoms with Gasteiger partial charge in [-0.2, -0.15) is 18.2 Å². The third-order valence-electron chi connectivity index (χ3n) is 16.2. The standard InChI is InChI=1S/C59H78F4N10O6S/c1-38-50(80-37-67-38)41-14-15-42(32-65-53(76)48-31-45(75)35-73(48)54(77)51(57(2,3)4)68-55(78)58(60)20-21-58)49(30-41)79-29-9-7-5-6-8-24-70-25-27-71(28-26-70)34-39-10-12-40(13-11-39)47-36-72(43-16-18-44(74)19-17-43)52-46(47)33-66-56(69-52)64-23-22-59(61,62)63/h10-15,30,33,36-37,43-45,48,51,74-75H,5-9,16-29,31-32,34-35H2,1-4H3,(H,65,76)(H,68,78)(H,64,66,69)/t43-,44-,45-,48+,51-/m1/s1. The van der Waals surface area contributed by atoms with Gasteiger partial charge in [-0.15, -0.1) is 11.3 Å². The number of likely N-dealkylation sites (tertiary alicyclic amines) is 1. The van der Waals surface area contributed by atoms with Crippen molar-refractivity contribution in [2.45, 2.75) is 166 Å². The summed E-state index contributed by atoms with van der Waals surface area (Å²) in [6, 6.07) is 12.5. The molecule has 5 N–H and O–H groups in total. The van der Waals surface area contributed by atoms with E-state index in [1.807, 2.05) is 30.6 Å². The minimum absolute atomic E-state index is 0.0352. The summed E-state index contributed by atoms with van der Waals surface area (Å²) < 4.78 is 61.8. The van der Waals surface area contributed by atoms with E-state index in [4.69, 9.17) is 9.72 Å². The Hall–Kier alpha value is -5.74. The number of β-amino-alcohol motifs (C(OH)–C–C–N with tert-alkyl or cyclic N) is 1. The van der Waals surface area contributed by atoms with Gasteiger partial charge in [-0.3, -0.25) is 19.3 Å². The highest BCUT2D eigenvalue weighted by molar-refractivity contribution is 7.13. The van der Waals surface area contributed by atoms with E-state index in [0.717, 1.165) is 122 Å². The number of anilines is 1. The molecule has 0 spiro atoms. The summed E-state index contributed by atoms with van der Waals surface area (Å²) in [6.45, 7) is 13.4. The van der Waals surface area contributed by atoms with Gasteiger partial charge in [-0.05, 0) is 93.0 Å². The molecule has 4 fully saturated rings. The summed E-state index contributed by atoms with van der Waals surface area (Å²) in [5, 5.41) is 30.0. The summed E-state index contributed by atoms with van der Waals surface area (Å²) in [6.07, 6.45) is 5.67. The lowest BCUT2D eigenvalue weighted by Crippen LogP contribution is -2.59. The predicted molar refractivity (Wildman–Crippen MR) is 301 cm³/mol. The zero-order chi connectivity index (χ0) is 56.8. The molecule has 434 valence electrons. The molecule has 2 aliphatic heterocycles. The van der Waals surface area contributed by atoms with Crippen LogP contribution in [0.25, 0.3) is 32.6 Å². The Morgan fingerprint density at radius 3 is 2.27 bits per heavy atom. The van der Waals surface area contributed by atoms with Crippen LogP contribution in [0.5, 0.6) is 5.75 Å². The number of aliphatic hydroxyl groups is 2. The van der Waals surface area contributed by atoms with Crippen molar-refractivity contribution in [1.82, 2.24) is 44.9 Å². The Bertz CT molecular complexity index is 2910. The number of aryl methyl sites for hydroxylation is 1. The number of hydrogen-bond donors (Lipinski definition) is 5. The van der Waals surface area contributed by atoms with Crippen LogP contribution >= 0.6 is 11.3 Å². The Morgan fingerprint density at radius 1 is 0.887 bits per heavy atom. The smallest absolute Gasteiger partial charge is 0.390 e. The van der Waals surface area contributed by atoms with Gasteiger partial charge in [0.25, 0.3) is 5.91 Å². The molecule has 16 nitrogen and oxygen atoms in total. The van der Waals surface area contributed by atoms with Gasteiger partial charge < -0.3 is 45.3 Å². The second-order valence-corrected chi connectivity index (χ2v) is 24.4. The maximum absolute atomic E-state index is 14.7. The van der Waals surface area contributed by atoms with Crippen molar-refractivity contribution in [1.29, 1.82) is 0 Å². The zero-order valence-electron chi connectivity index (χ0n) is 46.5. The molecule has 80 heavy (non-hydrogen) atoms. The molecular weight excluding hydrogens is 1050 g/mol. The van der Waals surface area contributed by atoms with Crippen LogP contribution in [0.2, 0.25) is 0 Å². The first-order chi connectivity index (χ1) is 38.2. The van der Waals surface area contributed by atoms with Crippen molar-refractivity contribution < 1.29 is 46.9 Å². The van der Waals surface area contributed by atoms with Gasteiger partial charge in [0.2, 0.25) is 17.8 Å². The van der Waals surface area contributed by atoms with Gasteiger partial charge in [0.15, 0.2) is 5.67 Å². The number of rotatable bonds is 23. The van der Waals surface area contributed by atoms with Crippen molar-refractivity contribution in [2.24, 2.45) is 5.41 Å². The molecule has 9 rings (SSSR count). The number of hydrogen-bond acceptors (Lipinski definition) is 13. The minimum atomic E-state index is -4.28. The normalized spacial score (nSPS) is 21.1. The monoisotopic (exact) mass is 1130 g/mol. The Kier molecular flexibility index (Phi) is 18.8. The lowest BCUT2D eigenvalue weighted by molar-refractivity contribution is -0.145. The quantitative estimate of drug-likeness (QED) is 0.0309. The fraction of sp³-hybridized carbons (Fsp3) is 0.593. The number of halogens is 4. The number of unbranched alkanes of at least 4 members (excludes halogenated alkanes) is 4. The largest absolute Gasteiger partial charge is 0.493 e. The van der Waals surface area contributed by atoms with E-state index in [2.05, 4.69) is 70.7 Å². The summed E-state index contributed by atoms with van der Waals surface area (Å²) in [4.78, 5) is 61.4. The lowest BCUT2D eigenvalue weighted by Gasteiger charge is -2.35. The fourth-order valence-corrected chi connectivity index (χ4v) is 12.0. The number of thiazole rings is 1. The number of nitrogens with one attached hydrogen (secondary N) is 3. The van der Waals surface area contributed by atoms with Gasteiger partial charge in [0.1, 0.15) is 23.5 Å². The zero-order valence-corrected chi connectivity index (χ0v) is 47.3. The number of carbonyl (C=O) groups excluding carboxylic acids is 3. The van der Waals surface area contributed by atoms with Gasteiger partial charge >= 0.3 is 6.18 Å². The lowest BCUT2D eigenvalue weighted by atomic mass is 9.85. The molecule has 5 aromatic rings. The predicted octanol–water partition coefficient (Wildman–Crippen LogP) is 9.13. The molecule has 4 aliphatic rings. The highest BCUT2D eigenvalue weighted by Gasteiger charge is 2.53. The number of aromatic nitrogens is 4. The first kappa shape index (κ1) is 58.9. The van der Waals surface area contributed by atoms with Crippen LogP contribution in [-0.2, 0) is 27.5 Å². The molecule has 2 saturated carbocycles. The number of carbonyl (C=O) groups is 3. The van der Waals surface area contributed by atoms with Crippen molar-refractivity contribution >= 4 is 46.0 Å². The van der Waals surface area contributed by atoms with Gasteiger partial charge in [0, 0.05) is 93.7 Å². The average molecular weight is 1130 g/mol. The Labute approximate surface area is 470 Å². The first-order valence-corrected chi connectivity index (χ1v) is 29.4. The summed E-state index contributed by atoms with van der Waals surface area (Å²) >= 11 is 1.55. The van der Waals surface area contributed by atoms with Crippen LogP contribution in [0.1, 0.15) is 127 Å². The number of benzene rings is 2. The van der Waals surface area contributed by atoms with Crippen LogP contribution in [0.3, 0.4) is 0 Å². The molecule has 2 aliphatic carbocycles. The van der Waals surface area contributed by atoms with Gasteiger partial charge in [-0.25, -0.2) is 14.4 Å². The maximum Gasteiger partial charge on any atom is 0.390 e. The number of fused-ring (bicyclic) bond motifs is 1. The molecule has 0 bridgehead atoms. The van der Waals surface area contributed by atoms with Crippen LogP contribution in [0, 0.1) is 12.3 Å². The molecule has 3 amide bonds. The maximum atomic E-state index is 14.7. The third kappa shape index (κ3) is 15.0. The van der Waals surface area contributed by atoms with Crippen molar-refractivity contribution in [2.75, 3.05) is 57.7 Å². The first-order valence-electron chi connectivity index (χ1n) is 28.5. The number of amides is 3. The van der Waals surface area contributed by atoms with E-state index < -0.39 is 59.6 Å². The van der Waals surface area contributed by atoms with Crippen molar-refractivity contribution in [3.8, 4) is 27.3 Å². The molecule has 0 radical (unpaired) electrons. The molecule has 3 atom stereocenters. The molecule has 3 aromatic heterocycles. The second kappa shape index (κ2) is 25.6. The van der Waals surface area contributed by atoms with Crippen LogP contribution < -0.4 is 20.7 Å². The SMILES string of the molecule is Cc1ncsc1-c1ccc(CNC(=O)[C@@H]2C[C@@H](O)CN2C(=O)[C@@H](NC(=O)C2(F)CC2)C(C)(C)C)c(OCCCCCCCN2CCN(Cc3ccc(-c4cn([C@H]5CC[C@H](O)CC5)c5nc(NCCC(F)(F)F)ncc45)cc3)CC2)c1. The number of nitrogens with zero attached hydrogens (tertiary/aromatic N) is 7. The fourth-order valence-electron chi connectivity index (χ4n) is 11.2. The van der Waals surface area contributed by atoms with Crippen molar-refractivity contribution in [3.63, 3.8) is 0 Å². The average Bonchev–Trinajstić information content (AvgIpc) is 3.81. The van der Waals surface area contributed by atoms with E-state index in [1.165, 1.54) is 10.5 Å². The van der Waals surface area contributed by atoms with Crippen LogP contribution in [-0.4, -0.2) is 151 Å². The van der Waals surface area contributed by atoms with Crippen LogP contribution in [0.15, 0.2) is 60.4 Å². The summed E-state index contributed by atoms with van der Waals surface area (Å²) in [7, 11) is 0.